The van der Waals surface area contributed by atoms with Gasteiger partial charge in [-0.1, -0.05) is 32.0 Å². The summed E-state index contributed by atoms with van der Waals surface area (Å²) in [5.41, 5.74) is 0.487. The van der Waals surface area contributed by atoms with Crippen LogP contribution >= 0.6 is 0 Å². The van der Waals surface area contributed by atoms with Gasteiger partial charge in [0.2, 0.25) is 11.8 Å². The molecular formula is C15H20N2O4. The zero-order chi connectivity index (χ0) is 16.0. The largest absolute Gasteiger partial charge is 0.480 e. The first-order chi connectivity index (χ1) is 9.82. The lowest BCUT2D eigenvalue weighted by molar-refractivity contribution is -0.137. The molecule has 0 aromatic heterocycles. The van der Waals surface area contributed by atoms with E-state index in [1.54, 1.807) is 44.2 Å². The predicted molar refractivity (Wildman–Crippen MR) is 78.9 cm³/mol. The van der Waals surface area contributed by atoms with Crippen LogP contribution in [0.25, 0.3) is 0 Å². The predicted octanol–water partition coefficient (Wildman–Crippen LogP) is 1.26. The van der Waals surface area contributed by atoms with Gasteiger partial charge in [0.1, 0.15) is 12.6 Å². The molecule has 0 aliphatic carbocycles. The SMILES string of the molecule is CC(=O)NC(C(=O)N(CC(=O)O)c1ccccc1)C(C)C. The summed E-state index contributed by atoms with van der Waals surface area (Å²) in [7, 11) is 0. The summed E-state index contributed by atoms with van der Waals surface area (Å²) < 4.78 is 0. The van der Waals surface area contributed by atoms with Crippen LogP contribution in [0.1, 0.15) is 20.8 Å². The Morgan fingerprint density at radius 2 is 1.76 bits per heavy atom. The first kappa shape index (κ1) is 16.7. The van der Waals surface area contributed by atoms with E-state index in [4.69, 9.17) is 5.11 Å². The fourth-order valence-corrected chi connectivity index (χ4v) is 1.94. The van der Waals surface area contributed by atoms with Crippen molar-refractivity contribution in [2.75, 3.05) is 11.4 Å². The van der Waals surface area contributed by atoms with Gasteiger partial charge >= 0.3 is 5.97 Å². The Bertz CT molecular complexity index is 514. The van der Waals surface area contributed by atoms with E-state index in [1.165, 1.54) is 11.8 Å². The molecule has 0 radical (unpaired) electrons. The molecule has 0 aliphatic rings. The van der Waals surface area contributed by atoms with Crippen LogP contribution in [0, 0.1) is 5.92 Å². The van der Waals surface area contributed by atoms with Crippen LogP contribution in [0.15, 0.2) is 30.3 Å². The van der Waals surface area contributed by atoms with Crippen LogP contribution < -0.4 is 10.2 Å². The Morgan fingerprint density at radius 3 is 2.19 bits per heavy atom. The molecule has 0 bridgehead atoms. The van der Waals surface area contributed by atoms with E-state index in [0.717, 1.165) is 0 Å². The highest BCUT2D eigenvalue weighted by atomic mass is 16.4. The Labute approximate surface area is 123 Å². The number of carbonyl (C=O) groups is 3. The van der Waals surface area contributed by atoms with Crippen LogP contribution in [-0.4, -0.2) is 35.5 Å². The number of amides is 2. The zero-order valence-corrected chi connectivity index (χ0v) is 12.4. The van der Waals surface area contributed by atoms with E-state index in [9.17, 15) is 14.4 Å². The van der Waals surface area contributed by atoms with E-state index >= 15 is 0 Å². The van der Waals surface area contributed by atoms with Gasteiger partial charge in [-0.15, -0.1) is 0 Å². The molecule has 0 heterocycles. The lowest BCUT2D eigenvalue weighted by Gasteiger charge is -2.28. The van der Waals surface area contributed by atoms with Crippen LogP contribution in [0.3, 0.4) is 0 Å². The summed E-state index contributed by atoms with van der Waals surface area (Å²) in [6.45, 7) is 4.46. The number of nitrogens with zero attached hydrogens (tertiary/aromatic N) is 1. The average Bonchev–Trinajstić information content (AvgIpc) is 2.41. The second-order valence-electron chi connectivity index (χ2n) is 5.08. The van der Waals surface area contributed by atoms with Gasteiger partial charge in [0.15, 0.2) is 0 Å². The number of benzene rings is 1. The number of rotatable bonds is 6. The highest BCUT2D eigenvalue weighted by molar-refractivity contribution is 6.02. The van der Waals surface area contributed by atoms with Gasteiger partial charge in [-0.05, 0) is 18.1 Å². The minimum atomic E-state index is -1.11. The Morgan fingerprint density at radius 1 is 1.19 bits per heavy atom. The highest BCUT2D eigenvalue weighted by Gasteiger charge is 2.29. The third kappa shape index (κ3) is 4.91. The van der Waals surface area contributed by atoms with E-state index in [0.29, 0.717) is 5.69 Å². The molecule has 6 nitrogen and oxygen atoms in total. The van der Waals surface area contributed by atoms with E-state index < -0.39 is 24.5 Å². The molecule has 1 aromatic rings. The Kier molecular flexibility index (Phi) is 5.90. The van der Waals surface area contributed by atoms with Gasteiger partial charge in [-0.25, -0.2) is 0 Å². The maximum absolute atomic E-state index is 12.6. The number of carbonyl (C=O) groups excluding carboxylic acids is 2. The molecule has 2 N–H and O–H groups in total. The maximum Gasteiger partial charge on any atom is 0.323 e. The van der Waals surface area contributed by atoms with Gasteiger partial charge in [0, 0.05) is 12.6 Å². The minimum absolute atomic E-state index is 0.151. The molecule has 0 saturated heterocycles. The van der Waals surface area contributed by atoms with Crippen molar-refractivity contribution >= 4 is 23.5 Å². The summed E-state index contributed by atoms with van der Waals surface area (Å²) in [5.74, 6) is -2.03. The second-order valence-corrected chi connectivity index (χ2v) is 5.08. The molecule has 114 valence electrons. The number of carboxylic acids is 1. The smallest absolute Gasteiger partial charge is 0.323 e. The second kappa shape index (κ2) is 7.42. The van der Waals surface area contributed by atoms with Crippen molar-refractivity contribution in [1.29, 1.82) is 0 Å². The molecular weight excluding hydrogens is 272 g/mol. The molecule has 1 unspecified atom stereocenters. The average molecular weight is 292 g/mol. The molecule has 1 aromatic carbocycles. The van der Waals surface area contributed by atoms with Gasteiger partial charge in [-0.3, -0.25) is 19.3 Å². The summed E-state index contributed by atoms with van der Waals surface area (Å²) in [4.78, 5) is 36.0. The van der Waals surface area contributed by atoms with Gasteiger partial charge in [0.25, 0.3) is 0 Å². The fourth-order valence-electron chi connectivity index (χ4n) is 1.94. The van der Waals surface area contributed by atoms with Crippen molar-refractivity contribution in [2.45, 2.75) is 26.8 Å². The maximum atomic E-state index is 12.6. The molecule has 0 fully saturated rings. The quantitative estimate of drug-likeness (QED) is 0.826. The molecule has 21 heavy (non-hydrogen) atoms. The summed E-state index contributed by atoms with van der Waals surface area (Å²) in [6, 6.07) is 7.78. The monoisotopic (exact) mass is 292 g/mol. The van der Waals surface area contributed by atoms with Crippen molar-refractivity contribution in [1.82, 2.24) is 5.32 Å². The number of aliphatic carboxylic acids is 1. The van der Waals surface area contributed by atoms with Crippen molar-refractivity contribution in [3.05, 3.63) is 30.3 Å². The number of nitrogens with one attached hydrogen (secondary N) is 1. The minimum Gasteiger partial charge on any atom is -0.480 e. The first-order valence-corrected chi connectivity index (χ1v) is 6.68. The molecule has 6 heteroatoms. The molecule has 0 spiro atoms. The fraction of sp³-hybridized carbons (Fsp3) is 0.400. The first-order valence-electron chi connectivity index (χ1n) is 6.68. The van der Waals surface area contributed by atoms with Crippen LogP contribution in [-0.2, 0) is 14.4 Å². The molecule has 0 saturated carbocycles. The normalized spacial score (nSPS) is 11.8. The number of hydrogen-bond donors (Lipinski definition) is 2. The van der Waals surface area contributed by atoms with Crippen LogP contribution in [0.4, 0.5) is 5.69 Å². The van der Waals surface area contributed by atoms with Gasteiger partial charge < -0.3 is 10.4 Å². The molecule has 1 atom stereocenters. The lowest BCUT2D eigenvalue weighted by atomic mass is 10.0. The van der Waals surface area contributed by atoms with E-state index in [-0.39, 0.29) is 11.8 Å². The summed E-state index contributed by atoms with van der Waals surface area (Å²) >= 11 is 0. The van der Waals surface area contributed by atoms with E-state index in [2.05, 4.69) is 5.32 Å². The van der Waals surface area contributed by atoms with Gasteiger partial charge in [-0.2, -0.15) is 0 Å². The summed E-state index contributed by atoms with van der Waals surface area (Å²) in [5, 5.41) is 11.6. The lowest BCUT2D eigenvalue weighted by Crippen LogP contribution is -2.52. The van der Waals surface area contributed by atoms with Gasteiger partial charge in [0.05, 0.1) is 0 Å². The molecule has 0 aliphatic heterocycles. The number of carboxylic acid groups (broad SMARTS) is 1. The van der Waals surface area contributed by atoms with Crippen molar-refractivity contribution < 1.29 is 19.5 Å². The Hall–Kier alpha value is -2.37. The Balaban J connectivity index is 3.09. The zero-order valence-electron chi connectivity index (χ0n) is 12.4. The topological polar surface area (TPSA) is 86.7 Å². The summed E-state index contributed by atoms with van der Waals surface area (Å²) in [6.07, 6.45) is 0. The van der Waals surface area contributed by atoms with Crippen LogP contribution in [0.2, 0.25) is 0 Å². The van der Waals surface area contributed by atoms with Crippen molar-refractivity contribution in [3.63, 3.8) is 0 Å². The molecule has 2 amide bonds. The van der Waals surface area contributed by atoms with Crippen LogP contribution in [0.5, 0.6) is 0 Å². The third-order valence-electron chi connectivity index (χ3n) is 2.92. The van der Waals surface area contributed by atoms with E-state index in [1.807, 2.05) is 0 Å². The van der Waals surface area contributed by atoms with Crippen molar-refractivity contribution in [3.8, 4) is 0 Å². The standard InChI is InChI=1S/C15H20N2O4/c1-10(2)14(16-11(3)18)15(21)17(9-13(19)20)12-7-5-4-6-8-12/h4-8,10,14H,9H2,1-3H3,(H,16,18)(H,19,20). The number of para-hydroxylation sites is 1. The highest BCUT2D eigenvalue weighted by Crippen LogP contribution is 2.16. The number of anilines is 1. The third-order valence-corrected chi connectivity index (χ3v) is 2.92. The van der Waals surface area contributed by atoms with Crippen molar-refractivity contribution in [2.24, 2.45) is 5.92 Å². The number of hydrogen-bond acceptors (Lipinski definition) is 3. The molecule has 1 rings (SSSR count).